The van der Waals surface area contributed by atoms with Crippen LogP contribution in [0, 0.1) is 0 Å². The van der Waals surface area contributed by atoms with E-state index in [1.807, 2.05) is 0 Å². The molecule has 2 fully saturated rings. The molecular formula is C33H39N2P. The second-order valence-electron chi connectivity index (χ2n) is 10.9. The molecule has 3 heteroatoms. The standard InChI is InChI=1S/C33H39N2P/c1-5-15-25(16-6-1)31-32(26-17-7-2-8-18-26)35-33(34-31)29-23-13-14-24-30(29)36(27-19-9-3-10-20-27)28-21-11-4-12-22-28/h1-2,5-8,13-18,23-24,27-28,31-32H,3-4,9-12,19-22H2,(H,34,35)/t31-,32-/m0/s1. The molecule has 36 heavy (non-hydrogen) atoms. The number of rotatable bonds is 6. The first kappa shape index (κ1) is 23.9. The van der Waals surface area contributed by atoms with Gasteiger partial charge in [-0.05, 0) is 53.4 Å². The number of aliphatic imine (C=N–C) groups is 1. The first-order chi connectivity index (χ1) is 17.9. The summed E-state index contributed by atoms with van der Waals surface area (Å²) in [5, 5.41) is 5.56. The Morgan fingerprint density at radius 1 is 0.583 bits per heavy atom. The van der Waals surface area contributed by atoms with Gasteiger partial charge in [0.15, 0.2) is 0 Å². The van der Waals surface area contributed by atoms with Crippen molar-refractivity contribution in [2.24, 2.45) is 4.99 Å². The predicted octanol–water partition coefficient (Wildman–Crippen LogP) is 8.29. The van der Waals surface area contributed by atoms with Crippen LogP contribution in [-0.4, -0.2) is 17.2 Å². The molecule has 1 aliphatic heterocycles. The van der Waals surface area contributed by atoms with Gasteiger partial charge in [-0.1, -0.05) is 131 Å². The van der Waals surface area contributed by atoms with Crippen molar-refractivity contribution in [1.82, 2.24) is 5.32 Å². The van der Waals surface area contributed by atoms with Crippen LogP contribution in [0.1, 0.15) is 93.0 Å². The highest BCUT2D eigenvalue weighted by Gasteiger charge is 2.37. The number of hydrogen-bond donors (Lipinski definition) is 1. The normalized spacial score (nSPS) is 23.4. The van der Waals surface area contributed by atoms with E-state index in [4.69, 9.17) is 4.99 Å². The van der Waals surface area contributed by atoms with Crippen LogP contribution in [0.15, 0.2) is 89.9 Å². The Hall–Kier alpha value is -2.44. The molecule has 2 nitrogen and oxygen atoms in total. The number of amidine groups is 1. The van der Waals surface area contributed by atoms with Gasteiger partial charge in [0.1, 0.15) is 11.9 Å². The summed E-state index contributed by atoms with van der Waals surface area (Å²) in [7, 11) is -0.187. The molecule has 2 saturated carbocycles. The van der Waals surface area contributed by atoms with Crippen molar-refractivity contribution in [3.63, 3.8) is 0 Å². The van der Waals surface area contributed by atoms with E-state index < -0.39 is 0 Å². The molecule has 2 aliphatic carbocycles. The summed E-state index contributed by atoms with van der Waals surface area (Å²) in [6, 6.07) is 31.4. The minimum absolute atomic E-state index is 0.0900. The SMILES string of the molecule is c1ccc([C@@H]2N=C(c3ccccc3P(C3CCCCC3)C3CCCCC3)N[C@H]2c2ccccc2)cc1. The fourth-order valence-corrected chi connectivity index (χ4v) is 10.7. The molecule has 2 atom stereocenters. The number of nitrogens with zero attached hydrogens (tertiary/aromatic N) is 1. The van der Waals surface area contributed by atoms with Gasteiger partial charge in [0, 0.05) is 5.56 Å². The lowest BCUT2D eigenvalue weighted by atomic mass is 9.95. The molecule has 3 aromatic carbocycles. The quantitative estimate of drug-likeness (QED) is 0.343. The van der Waals surface area contributed by atoms with Crippen LogP contribution in [0.4, 0.5) is 0 Å². The van der Waals surface area contributed by atoms with E-state index >= 15 is 0 Å². The fourth-order valence-electron chi connectivity index (χ4n) is 6.78. The molecule has 3 aromatic rings. The number of hydrogen-bond acceptors (Lipinski definition) is 2. The molecule has 1 N–H and O–H groups in total. The molecule has 0 radical (unpaired) electrons. The number of benzene rings is 3. The van der Waals surface area contributed by atoms with E-state index in [0.29, 0.717) is 0 Å². The fraction of sp³-hybridized carbons (Fsp3) is 0.424. The lowest BCUT2D eigenvalue weighted by molar-refractivity contribution is 0.487. The molecule has 6 rings (SSSR count). The topological polar surface area (TPSA) is 24.4 Å². The van der Waals surface area contributed by atoms with Crippen LogP contribution in [0.2, 0.25) is 0 Å². The third kappa shape index (κ3) is 5.03. The van der Waals surface area contributed by atoms with Crippen molar-refractivity contribution in [2.45, 2.75) is 87.6 Å². The zero-order valence-corrected chi connectivity index (χ0v) is 22.3. The number of nitrogens with one attached hydrogen (secondary N) is 1. The Kier molecular flexibility index (Phi) is 7.51. The highest BCUT2D eigenvalue weighted by Crippen LogP contribution is 2.55. The highest BCUT2D eigenvalue weighted by atomic mass is 31.1. The van der Waals surface area contributed by atoms with Crippen molar-refractivity contribution >= 4 is 19.1 Å². The largest absolute Gasteiger partial charge is 0.361 e. The van der Waals surface area contributed by atoms with E-state index in [2.05, 4.69) is 90.2 Å². The summed E-state index contributed by atoms with van der Waals surface area (Å²) in [4.78, 5) is 5.44. The highest BCUT2D eigenvalue weighted by molar-refractivity contribution is 7.67. The second-order valence-corrected chi connectivity index (χ2v) is 13.6. The second kappa shape index (κ2) is 11.3. The van der Waals surface area contributed by atoms with Crippen LogP contribution >= 0.6 is 7.92 Å². The van der Waals surface area contributed by atoms with E-state index in [1.165, 1.54) is 80.9 Å². The Balaban J connectivity index is 1.40. The molecule has 186 valence electrons. The third-order valence-corrected chi connectivity index (χ3v) is 12.1. The maximum atomic E-state index is 5.44. The molecule has 0 amide bonds. The van der Waals surface area contributed by atoms with E-state index in [-0.39, 0.29) is 20.0 Å². The van der Waals surface area contributed by atoms with Gasteiger partial charge >= 0.3 is 0 Å². The molecular weight excluding hydrogens is 455 g/mol. The Morgan fingerprint density at radius 3 is 1.72 bits per heavy atom. The summed E-state index contributed by atoms with van der Waals surface area (Å²) < 4.78 is 0. The minimum atomic E-state index is -0.187. The maximum absolute atomic E-state index is 5.44. The first-order valence-corrected chi connectivity index (χ1v) is 15.7. The summed E-state index contributed by atoms with van der Waals surface area (Å²) in [6.07, 6.45) is 14.2. The Bertz CT molecular complexity index is 1130. The van der Waals surface area contributed by atoms with Gasteiger partial charge in [0.2, 0.25) is 0 Å². The van der Waals surface area contributed by atoms with Gasteiger partial charge in [-0.25, -0.2) is 0 Å². The Labute approximate surface area is 218 Å². The van der Waals surface area contributed by atoms with Crippen molar-refractivity contribution in [3.05, 3.63) is 102 Å². The van der Waals surface area contributed by atoms with Crippen LogP contribution < -0.4 is 10.6 Å². The van der Waals surface area contributed by atoms with Crippen LogP contribution in [0.5, 0.6) is 0 Å². The molecule has 3 aliphatic rings. The maximum Gasteiger partial charge on any atom is 0.130 e. The van der Waals surface area contributed by atoms with Crippen molar-refractivity contribution in [2.75, 3.05) is 0 Å². The third-order valence-electron chi connectivity index (χ3n) is 8.55. The summed E-state index contributed by atoms with van der Waals surface area (Å²) in [5.41, 5.74) is 5.74. The summed E-state index contributed by atoms with van der Waals surface area (Å²) in [5.74, 6) is 1.10. The van der Waals surface area contributed by atoms with Gasteiger partial charge in [0.25, 0.3) is 0 Å². The van der Waals surface area contributed by atoms with Gasteiger partial charge < -0.3 is 5.32 Å². The van der Waals surface area contributed by atoms with E-state index in [9.17, 15) is 0 Å². The van der Waals surface area contributed by atoms with Crippen molar-refractivity contribution in [1.29, 1.82) is 0 Å². The van der Waals surface area contributed by atoms with Crippen LogP contribution in [0.25, 0.3) is 0 Å². The lowest BCUT2D eigenvalue weighted by Crippen LogP contribution is -2.32. The molecule has 0 unspecified atom stereocenters. The summed E-state index contributed by atoms with van der Waals surface area (Å²) >= 11 is 0. The smallest absolute Gasteiger partial charge is 0.130 e. The predicted molar refractivity (Wildman–Crippen MR) is 155 cm³/mol. The molecule has 0 saturated heterocycles. The van der Waals surface area contributed by atoms with Crippen molar-refractivity contribution < 1.29 is 0 Å². The lowest BCUT2D eigenvalue weighted by Gasteiger charge is -2.39. The van der Waals surface area contributed by atoms with E-state index in [0.717, 1.165) is 17.2 Å². The van der Waals surface area contributed by atoms with Crippen LogP contribution in [0.3, 0.4) is 0 Å². The molecule has 1 heterocycles. The minimum Gasteiger partial charge on any atom is -0.361 e. The zero-order valence-electron chi connectivity index (χ0n) is 21.4. The van der Waals surface area contributed by atoms with Gasteiger partial charge in [-0.15, -0.1) is 0 Å². The average molecular weight is 495 g/mol. The molecule has 0 bridgehead atoms. The molecule has 0 aromatic heterocycles. The zero-order chi connectivity index (χ0) is 24.2. The van der Waals surface area contributed by atoms with Gasteiger partial charge in [0.05, 0.1) is 6.04 Å². The van der Waals surface area contributed by atoms with Crippen LogP contribution in [-0.2, 0) is 0 Å². The van der Waals surface area contributed by atoms with Crippen molar-refractivity contribution in [3.8, 4) is 0 Å². The molecule has 0 spiro atoms. The van der Waals surface area contributed by atoms with Gasteiger partial charge in [-0.3, -0.25) is 4.99 Å². The monoisotopic (exact) mass is 494 g/mol. The Morgan fingerprint density at radius 2 is 1.11 bits per heavy atom. The van der Waals surface area contributed by atoms with E-state index in [1.54, 1.807) is 5.30 Å². The first-order valence-electron chi connectivity index (χ1n) is 14.2. The summed E-state index contributed by atoms with van der Waals surface area (Å²) in [6.45, 7) is 0. The van der Waals surface area contributed by atoms with Gasteiger partial charge in [-0.2, -0.15) is 0 Å². The average Bonchev–Trinajstić information content (AvgIpc) is 3.41.